The zero-order valence-electron chi connectivity index (χ0n) is 20.3. The summed E-state index contributed by atoms with van der Waals surface area (Å²) in [5, 5.41) is 14.9. The van der Waals surface area contributed by atoms with Crippen LogP contribution in [0.5, 0.6) is 0 Å². The van der Waals surface area contributed by atoms with Crippen molar-refractivity contribution in [3.05, 3.63) is 59.7 Å². The van der Waals surface area contributed by atoms with Crippen molar-refractivity contribution in [1.82, 2.24) is 10.6 Å². The lowest BCUT2D eigenvalue weighted by molar-refractivity contribution is -0.142. The monoisotopic (exact) mass is 478 g/mol. The molecule has 35 heavy (non-hydrogen) atoms. The van der Waals surface area contributed by atoms with Gasteiger partial charge < -0.3 is 20.5 Å². The molecule has 2 aromatic rings. The lowest BCUT2D eigenvalue weighted by Gasteiger charge is -2.22. The van der Waals surface area contributed by atoms with Gasteiger partial charge in [-0.15, -0.1) is 0 Å². The van der Waals surface area contributed by atoms with Gasteiger partial charge in [-0.2, -0.15) is 0 Å². The van der Waals surface area contributed by atoms with Crippen LogP contribution in [0.25, 0.3) is 11.1 Å². The van der Waals surface area contributed by atoms with Crippen molar-refractivity contribution in [2.24, 2.45) is 17.8 Å². The second kappa shape index (κ2) is 10.9. The van der Waals surface area contributed by atoms with Crippen molar-refractivity contribution in [3.63, 3.8) is 0 Å². The molecule has 2 aliphatic rings. The summed E-state index contributed by atoms with van der Waals surface area (Å²) in [5.41, 5.74) is 4.58. The maximum atomic E-state index is 12.9. The van der Waals surface area contributed by atoms with E-state index in [0.717, 1.165) is 35.1 Å². The fourth-order valence-corrected chi connectivity index (χ4v) is 4.91. The Balaban J connectivity index is 1.33. The highest BCUT2D eigenvalue weighted by atomic mass is 16.5. The van der Waals surface area contributed by atoms with Crippen molar-refractivity contribution in [2.75, 3.05) is 13.2 Å². The van der Waals surface area contributed by atoms with Crippen LogP contribution in [0, 0.1) is 17.8 Å². The van der Waals surface area contributed by atoms with E-state index in [2.05, 4.69) is 34.9 Å². The number of hydrogen-bond acceptors (Lipinski definition) is 4. The first-order valence-corrected chi connectivity index (χ1v) is 12.5. The van der Waals surface area contributed by atoms with Crippen molar-refractivity contribution >= 4 is 18.0 Å². The van der Waals surface area contributed by atoms with Gasteiger partial charge in [-0.25, -0.2) is 9.59 Å². The molecule has 1 unspecified atom stereocenters. The van der Waals surface area contributed by atoms with Crippen LogP contribution in [0.1, 0.15) is 56.6 Å². The molecule has 0 aromatic heterocycles. The molecule has 0 spiro atoms. The summed E-state index contributed by atoms with van der Waals surface area (Å²) in [5.74, 6) is -1.34. The number of rotatable bonds is 11. The number of alkyl carbamates (subject to hydrolysis) is 1. The minimum atomic E-state index is -1.02. The maximum absolute atomic E-state index is 12.9. The minimum absolute atomic E-state index is 0.0401. The van der Waals surface area contributed by atoms with Gasteiger partial charge in [0.05, 0.1) is 5.92 Å². The number of nitrogens with one attached hydrogen (secondary N) is 2. The third-order valence-electron chi connectivity index (χ3n) is 6.84. The lowest BCUT2D eigenvalue weighted by atomic mass is 9.95. The Kier molecular flexibility index (Phi) is 7.73. The number of carbonyl (C=O) groups excluding carboxylic acids is 2. The van der Waals surface area contributed by atoms with E-state index < -0.39 is 24.0 Å². The number of aliphatic carboxylic acids is 1. The SMILES string of the molecule is CC(C)CC(CNC(=O)OCC1c2ccccc2-c2ccccc21)C(=O)N[C@@H](CC1CC1)C(=O)O. The molecule has 4 rings (SSSR count). The Morgan fingerprint density at radius 1 is 1.00 bits per heavy atom. The van der Waals surface area contributed by atoms with E-state index in [1.807, 2.05) is 38.1 Å². The van der Waals surface area contributed by atoms with Crippen molar-refractivity contribution in [3.8, 4) is 11.1 Å². The number of amides is 2. The van der Waals surface area contributed by atoms with E-state index in [9.17, 15) is 19.5 Å². The quantitative estimate of drug-likeness (QED) is 0.439. The van der Waals surface area contributed by atoms with Crippen LogP contribution in [-0.2, 0) is 14.3 Å². The topological polar surface area (TPSA) is 105 Å². The van der Waals surface area contributed by atoms with Gasteiger partial charge in [0.2, 0.25) is 5.91 Å². The van der Waals surface area contributed by atoms with E-state index in [-0.39, 0.29) is 30.9 Å². The molecule has 2 atom stereocenters. The van der Waals surface area contributed by atoms with Crippen LogP contribution < -0.4 is 10.6 Å². The van der Waals surface area contributed by atoms with Crippen molar-refractivity contribution in [2.45, 2.75) is 51.5 Å². The molecule has 186 valence electrons. The maximum Gasteiger partial charge on any atom is 0.407 e. The molecule has 2 aliphatic carbocycles. The van der Waals surface area contributed by atoms with Crippen LogP contribution >= 0.6 is 0 Å². The number of ether oxygens (including phenoxy) is 1. The summed E-state index contributed by atoms with van der Waals surface area (Å²) in [7, 11) is 0. The highest BCUT2D eigenvalue weighted by Crippen LogP contribution is 2.44. The van der Waals surface area contributed by atoms with Gasteiger partial charge in [-0.05, 0) is 46.9 Å². The zero-order chi connectivity index (χ0) is 24.9. The van der Waals surface area contributed by atoms with Gasteiger partial charge in [0.25, 0.3) is 0 Å². The van der Waals surface area contributed by atoms with Crippen molar-refractivity contribution in [1.29, 1.82) is 0 Å². The molecule has 0 saturated heterocycles. The molecule has 7 heteroatoms. The van der Waals surface area contributed by atoms with Crippen LogP contribution in [0.15, 0.2) is 48.5 Å². The summed E-state index contributed by atoms with van der Waals surface area (Å²) < 4.78 is 5.58. The second-order valence-corrected chi connectivity index (χ2v) is 10.1. The van der Waals surface area contributed by atoms with Crippen LogP contribution in [0.2, 0.25) is 0 Å². The van der Waals surface area contributed by atoms with Crippen molar-refractivity contribution < 1.29 is 24.2 Å². The molecule has 0 bridgehead atoms. The smallest absolute Gasteiger partial charge is 0.407 e. The molecular weight excluding hydrogens is 444 g/mol. The summed E-state index contributed by atoms with van der Waals surface area (Å²) >= 11 is 0. The Morgan fingerprint density at radius 3 is 2.14 bits per heavy atom. The molecule has 2 aromatic carbocycles. The predicted octanol–water partition coefficient (Wildman–Crippen LogP) is 4.56. The first-order valence-electron chi connectivity index (χ1n) is 12.5. The Hall–Kier alpha value is -3.35. The van der Waals surface area contributed by atoms with Crippen LogP contribution in [0.4, 0.5) is 4.79 Å². The average Bonchev–Trinajstić information content (AvgIpc) is 3.60. The summed E-state index contributed by atoms with van der Waals surface area (Å²) in [6, 6.07) is 15.4. The fraction of sp³-hybridized carbons (Fsp3) is 0.464. The second-order valence-electron chi connectivity index (χ2n) is 10.1. The largest absolute Gasteiger partial charge is 0.480 e. The third kappa shape index (κ3) is 6.21. The number of carboxylic acid groups (broad SMARTS) is 1. The van der Waals surface area contributed by atoms with E-state index in [0.29, 0.717) is 18.8 Å². The molecule has 2 amide bonds. The van der Waals surface area contributed by atoms with Gasteiger partial charge in [0, 0.05) is 12.5 Å². The van der Waals surface area contributed by atoms with Gasteiger partial charge in [0.15, 0.2) is 0 Å². The Bertz CT molecular complexity index is 1030. The average molecular weight is 479 g/mol. The number of carboxylic acids is 1. The fourth-order valence-electron chi connectivity index (χ4n) is 4.91. The molecule has 0 heterocycles. The van der Waals surface area contributed by atoms with Gasteiger partial charge in [-0.3, -0.25) is 4.79 Å². The molecule has 1 saturated carbocycles. The molecule has 0 aliphatic heterocycles. The zero-order valence-corrected chi connectivity index (χ0v) is 20.3. The summed E-state index contributed by atoms with van der Waals surface area (Å²) in [4.78, 5) is 37.0. The molecule has 3 N–H and O–H groups in total. The summed E-state index contributed by atoms with van der Waals surface area (Å²) in [6.45, 7) is 4.28. The lowest BCUT2D eigenvalue weighted by Crippen LogP contribution is -2.47. The van der Waals surface area contributed by atoms with E-state index in [1.54, 1.807) is 0 Å². The van der Waals surface area contributed by atoms with Gasteiger partial charge in [0.1, 0.15) is 12.6 Å². The van der Waals surface area contributed by atoms with E-state index >= 15 is 0 Å². The molecule has 0 radical (unpaired) electrons. The number of carbonyl (C=O) groups is 3. The van der Waals surface area contributed by atoms with E-state index in [4.69, 9.17) is 4.74 Å². The minimum Gasteiger partial charge on any atom is -0.480 e. The van der Waals surface area contributed by atoms with Crippen LogP contribution in [0.3, 0.4) is 0 Å². The Morgan fingerprint density at radius 2 is 1.60 bits per heavy atom. The highest BCUT2D eigenvalue weighted by Gasteiger charge is 2.32. The normalized spacial score (nSPS) is 16.2. The predicted molar refractivity (Wildman–Crippen MR) is 133 cm³/mol. The van der Waals surface area contributed by atoms with E-state index in [1.165, 1.54) is 0 Å². The first-order chi connectivity index (χ1) is 16.8. The third-order valence-corrected chi connectivity index (χ3v) is 6.84. The molecular formula is C28H34N2O5. The van der Waals surface area contributed by atoms with Crippen LogP contribution in [-0.4, -0.2) is 42.3 Å². The van der Waals surface area contributed by atoms with Gasteiger partial charge in [-0.1, -0.05) is 75.2 Å². The number of hydrogen-bond donors (Lipinski definition) is 3. The standard InChI is InChI=1S/C28H34N2O5/c1-17(2)13-19(26(31)30-25(27(32)33)14-18-11-12-18)15-29-28(34)35-16-24-22-9-5-3-7-20(22)21-8-4-6-10-23(21)24/h3-10,17-19,24-25H,11-16H2,1-2H3,(H,29,34)(H,30,31)(H,32,33)/t19?,25-/m0/s1. The number of fused-ring (bicyclic) bond motifs is 3. The number of benzene rings is 2. The molecule has 1 fully saturated rings. The molecule has 7 nitrogen and oxygen atoms in total. The Labute approximate surface area is 206 Å². The highest BCUT2D eigenvalue weighted by molar-refractivity contribution is 5.85. The summed E-state index contributed by atoms with van der Waals surface area (Å²) in [6.07, 6.45) is 2.43. The first kappa shape index (κ1) is 24.8. The van der Waals surface area contributed by atoms with Gasteiger partial charge >= 0.3 is 12.1 Å².